The second kappa shape index (κ2) is 5.46. The predicted octanol–water partition coefficient (Wildman–Crippen LogP) is 1.96. The molecule has 1 aliphatic rings. The monoisotopic (exact) mass is 219 g/mol. The van der Waals surface area contributed by atoms with Crippen molar-refractivity contribution in [1.82, 2.24) is 0 Å². The highest BCUT2D eigenvalue weighted by atomic mass is 16.3. The Labute approximate surface area is 97.5 Å². The third kappa shape index (κ3) is 2.83. The van der Waals surface area contributed by atoms with Crippen molar-refractivity contribution in [2.75, 3.05) is 6.61 Å². The number of rotatable bonds is 5. The van der Waals surface area contributed by atoms with Crippen LogP contribution in [0.4, 0.5) is 0 Å². The zero-order valence-corrected chi connectivity index (χ0v) is 9.68. The number of aliphatic hydroxyl groups is 1. The van der Waals surface area contributed by atoms with Gasteiger partial charge in [-0.05, 0) is 43.1 Å². The first-order valence-corrected chi connectivity index (χ1v) is 6.20. The molecule has 88 valence electrons. The summed E-state index contributed by atoms with van der Waals surface area (Å²) in [6.07, 6.45) is 4.84. The Morgan fingerprint density at radius 1 is 1.25 bits per heavy atom. The van der Waals surface area contributed by atoms with E-state index in [1.54, 1.807) is 0 Å². The second-order valence-corrected chi connectivity index (χ2v) is 4.97. The highest BCUT2D eigenvalue weighted by Crippen LogP contribution is 2.38. The third-order valence-corrected chi connectivity index (χ3v) is 3.77. The minimum absolute atomic E-state index is 0.00738. The van der Waals surface area contributed by atoms with Crippen LogP contribution in [-0.4, -0.2) is 17.8 Å². The molecule has 3 N–H and O–H groups in total. The van der Waals surface area contributed by atoms with E-state index in [0.717, 1.165) is 5.92 Å². The maximum atomic E-state index is 8.94. The van der Waals surface area contributed by atoms with Crippen LogP contribution in [0.5, 0.6) is 0 Å². The lowest BCUT2D eigenvalue weighted by atomic mass is 9.69. The summed E-state index contributed by atoms with van der Waals surface area (Å²) in [5, 5.41) is 8.94. The van der Waals surface area contributed by atoms with Gasteiger partial charge in [0, 0.05) is 6.04 Å². The van der Waals surface area contributed by atoms with Gasteiger partial charge in [-0.15, -0.1) is 0 Å². The normalized spacial score (nSPS) is 26.1. The van der Waals surface area contributed by atoms with E-state index in [2.05, 4.69) is 30.3 Å². The van der Waals surface area contributed by atoms with Gasteiger partial charge in [-0.25, -0.2) is 0 Å². The molecule has 1 unspecified atom stereocenters. The first kappa shape index (κ1) is 11.6. The van der Waals surface area contributed by atoms with E-state index < -0.39 is 0 Å². The summed E-state index contributed by atoms with van der Waals surface area (Å²) in [5.74, 6) is 1.38. The maximum Gasteiger partial charge on any atom is 0.0585 e. The maximum absolute atomic E-state index is 8.94. The Balaban J connectivity index is 1.67. The molecule has 1 atom stereocenters. The van der Waals surface area contributed by atoms with Gasteiger partial charge in [0.25, 0.3) is 0 Å². The molecule has 2 heteroatoms. The number of hydrogen-bond acceptors (Lipinski definition) is 2. The fourth-order valence-electron chi connectivity index (χ4n) is 2.54. The largest absolute Gasteiger partial charge is 0.395 e. The number of aliphatic hydroxyl groups excluding tert-OH is 1. The van der Waals surface area contributed by atoms with Gasteiger partial charge in [-0.2, -0.15) is 0 Å². The molecule has 0 aliphatic heterocycles. The second-order valence-electron chi connectivity index (χ2n) is 4.97. The molecule has 0 spiro atoms. The van der Waals surface area contributed by atoms with Crippen LogP contribution in [0.3, 0.4) is 0 Å². The average Bonchev–Trinajstić information content (AvgIpc) is 2.28. The molecule has 1 fully saturated rings. The fraction of sp³-hybridized carbons (Fsp3) is 0.571. The summed E-state index contributed by atoms with van der Waals surface area (Å²) in [5.41, 5.74) is 7.23. The van der Waals surface area contributed by atoms with Crippen molar-refractivity contribution in [3.63, 3.8) is 0 Å². The Bertz CT molecular complexity index is 306. The summed E-state index contributed by atoms with van der Waals surface area (Å²) in [6, 6.07) is 10.6. The Morgan fingerprint density at radius 2 is 1.94 bits per heavy atom. The molecular formula is C14H21NO. The number of aryl methyl sites for hydroxylation is 1. The van der Waals surface area contributed by atoms with Crippen molar-refractivity contribution in [2.45, 2.75) is 31.7 Å². The van der Waals surface area contributed by atoms with E-state index in [0.29, 0.717) is 5.92 Å². The third-order valence-electron chi connectivity index (χ3n) is 3.77. The molecule has 1 aliphatic carbocycles. The smallest absolute Gasteiger partial charge is 0.0585 e. The van der Waals surface area contributed by atoms with E-state index in [9.17, 15) is 0 Å². The molecule has 2 rings (SSSR count). The first-order chi connectivity index (χ1) is 7.79. The predicted molar refractivity (Wildman–Crippen MR) is 66.0 cm³/mol. The minimum atomic E-state index is 0.00738. The Hall–Kier alpha value is -0.860. The Morgan fingerprint density at radius 3 is 2.56 bits per heavy atom. The molecule has 1 aromatic rings. The van der Waals surface area contributed by atoms with Crippen molar-refractivity contribution < 1.29 is 5.11 Å². The summed E-state index contributed by atoms with van der Waals surface area (Å²) in [7, 11) is 0. The van der Waals surface area contributed by atoms with Crippen molar-refractivity contribution in [1.29, 1.82) is 0 Å². The van der Waals surface area contributed by atoms with Crippen LogP contribution in [0.2, 0.25) is 0 Å². The molecule has 16 heavy (non-hydrogen) atoms. The van der Waals surface area contributed by atoms with Gasteiger partial charge in [-0.3, -0.25) is 0 Å². The molecule has 2 nitrogen and oxygen atoms in total. The Kier molecular flexibility index (Phi) is 3.97. The summed E-state index contributed by atoms with van der Waals surface area (Å²) >= 11 is 0. The van der Waals surface area contributed by atoms with Crippen LogP contribution in [0.15, 0.2) is 30.3 Å². The van der Waals surface area contributed by atoms with Crippen LogP contribution in [-0.2, 0) is 6.42 Å². The standard InChI is InChI=1S/C14H21NO/c15-14(10-16)13-8-12(9-13)7-6-11-4-2-1-3-5-11/h1-5,12-14,16H,6-10,15H2. The molecule has 0 radical (unpaired) electrons. The van der Waals surface area contributed by atoms with Gasteiger partial charge in [0.1, 0.15) is 0 Å². The van der Waals surface area contributed by atoms with Gasteiger partial charge in [0.05, 0.1) is 6.61 Å². The van der Waals surface area contributed by atoms with Gasteiger partial charge < -0.3 is 10.8 Å². The lowest BCUT2D eigenvalue weighted by Gasteiger charge is -2.38. The van der Waals surface area contributed by atoms with Crippen LogP contribution >= 0.6 is 0 Å². The lowest BCUT2D eigenvalue weighted by Crippen LogP contribution is -2.41. The summed E-state index contributed by atoms with van der Waals surface area (Å²) in [4.78, 5) is 0. The molecule has 1 aromatic carbocycles. The minimum Gasteiger partial charge on any atom is -0.395 e. The average molecular weight is 219 g/mol. The highest BCUT2D eigenvalue weighted by molar-refractivity contribution is 5.14. The molecule has 0 bridgehead atoms. The number of hydrogen-bond donors (Lipinski definition) is 2. The molecule has 0 aromatic heterocycles. The van der Waals surface area contributed by atoms with E-state index in [4.69, 9.17) is 10.8 Å². The summed E-state index contributed by atoms with van der Waals surface area (Å²) < 4.78 is 0. The van der Waals surface area contributed by atoms with E-state index >= 15 is 0 Å². The highest BCUT2D eigenvalue weighted by Gasteiger charge is 2.32. The SMILES string of the molecule is NC(CO)C1CC(CCc2ccccc2)C1. The van der Waals surface area contributed by atoms with Gasteiger partial charge in [0.2, 0.25) is 0 Å². The van der Waals surface area contributed by atoms with Gasteiger partial charge in [0.15, 0.2) is 0 Å². The van der Waals surface area contributed by atoms with Crippen LogP contribution in [0.25, 0.3) is 0 Å². The van der Waals surface area contributed by atoms with E-state index in [-0.39, 0.29) is 12.6 Å². The molecule has 0 amide bonds. The van der Waals surface area contributed by atoms with Gasteiger partial charge >= 0.3 is 0 Å². The van der Waals surface area contributed by atoms with Crippen molar-refractivity contribution in [3.8, 4) is 0 Å². The van der Waals surface area contributed by atoms with Crippen LogP contribution in [0.1, 0.15) is 24.8 Å². The van der Waals surface area contributed by atoms with Crippen molar-refractivity contribution in [2.24, 2.45) is 17.6 Å². The van der Waals surface area contributed by atoms with Crippen molar-refractivity contribution in [3.05, 3.63) is 35.9 Å². The zero-order chi connectivity index (χ0) is 11.4. The van der Waals surface area contributed by atoms with E-state index in [1.165, 1.54) is 31.2 Å². The fourth-order valence-corrected chi connectivity index (χ4v) is 2.54. The molecule has 1 saturated carbocycles. The van der Waals surface area contributed by atoms with Crippen LogP contribution < -0.4 is 5.73 Å². The van der Waals surface area contributed by atoms with E-state index in [1.807, 2.05) is 0 Å². The topological polar surface area (TPSA) is 46.2 Å². The quantitative estimate of drug-likeness (QED) is 0.795. The number of benzene rings is 1. The van der Waals surface area contributed by atoms with Crippen molar-refractivity contribution >= 4 is 0 Å². The lowest BCUT2D eigenvalue weighted by molar-refractivity contribution is 0.115. The molecule has 0 saturated heterocycles. The first-order valence-electron chi connectivity index (χ1n) is 6.20. The summed E-state index contributed by atoms with van der Waals surface area (Å²) in [6.45, 7) is 0.135. The number of nitrogens with two attached hydrogens (primary N) is 1. The zero-order valence-electron chi connectivity index (χ0n) is 9.68. The molecular weight excluding hydrogens is 198 g/mol. The molecule has 0 heterocycles. The van der Waals surface area contributed by atoms with Gasteiger partial charge in [-0.1, -0.05) is 30.3 Å². The van der Waals surface area contributed by atoms with Crippen LogP contribution in [0, 0.1) is 11.8 Å².